The summed E-state index contributed by atoms with van der Waals surface area (Å²) in [6.45, 7) is 7.95. The van der Waals surface area contributed by atoms with E-state index < -0.39 is 12.1 Å². The van der Waals surface area contributed by atoms with Gasteiger partial charge < -0.3 is 5.32 Å². The van der Waals surface area contributed by atoms with Crippen LogP contribution in [0, 0.1) is 5.92 Å². The molecule has 0 aliphatic carbocycles. The predicted molar refractivity (Wildman–Crippen MR) is 67.6 cm³/mol. The Kier molecular flexibility index (Phi) is 5.92. The zero-order chi connectivity index (χ0) is 13.8. The number of likely N-dealkylation sites (N-methyl/N-ethyl adjacent to an activating group) is 1. The molecule has 1 aliphatic heterocycles. The number of likely N-dealkylation sites (tertiary alicyclic amines) is 1. The van der Waals surface area contributed by atoms with Crippen LogP contribution in [0.15, 0.2) is 0 Å². The molecule has 0 amide bonds. The van der Waals surface area contributed by atoms with E-state index in [0.29, 0.717) is 6.42 Å². The Hall–Kier alpha value is -0.290. The zero-order valence-electron chi connectivity index (χ0n) is 11.6. The van der Waals surface area contributed by atoms with E-state index in [9.17, 15) is 13.2 Å². The Labute approximate surface area is 108 Å². The molecule has 1 saturated heterocycles. The molecular formula is C13H25F3N2. The maximum atomic E-state index is 12.8. The van der Waals surface area contributed by atoms with Gasteiger partial charge in [-0.15, -0.1) is 0 Å². The van der Waals surface area contributed by atoms with Gasteiger partial charge in [0.25, 0.3) is 0 Å². The fourth-order valence-corrected chi connectivity index (χ4v) is 2.82. The quantitative estimate of drug-likeness (QED) is 0.823. The minimum absolute atomic E-state index is 0.159. The van der Waals surface area contributed by atoms with E-state index in [2.05, 4.69) is 12.2 Å². The second-order valence-electron chi connectivity index (χ2n) is 5.19. The highest BCUT2D eigenvalue weighted by Gasteiger charge is 2.42. The van der Waals surface area contributed by atoms with Gasteiger partial charge in [0.2, 0.25) is 0 Å². The van der Waals surface area contributed by atoms with E-state index in [1.54, 1.807) is 0 Å². The van der Waals surface area contributed by atoms with E-state index >= 15 is 0 Å². The number of halogens is 3. The lowest BCUT2D eigenvalue weighted by Crippen LogP contribution is -2.53. The first-order valence-electron chi connectivity index (χ1n) is 6.94. The fourth-order valence-electron chi connectivity index (χ4n) is 2.82. The molecule has 3 unspecified atom stereocenters. The number of rotatable bonds is 5. The second kappa shape index (κ2) is 6.75. The van der Waals surface area contributed by atoms with Gasteiger partial charge in [0.05, 0.1) is 5.92 Å². The number of piperidine rings is 1. The first-order chi connectivity index (χ1) is 8.40. The third-order valence-corrected chi connectivity index (χ3v) is 3.98. The third kappa shape index (κ3) is 4.12. The van der Waals surface area contributed by atoms with Gasteiger partial charge in [0.15, 0.2) is 0 Å². The molecular weight excluding hydrogens is 241 g/mol. The van der Waals surface area contributed by atoms with E-state index in [1.165, 1.54) is 0 Å². The Morgan fingerprint density at radius 3 is 2.50 bits per heavy atom. The summed E-state index contributed by atoms with van der Waals surface area (Å²) in [5.74, 6) is -1.15. The minimum Gasteiger partial charge on any atom is -0.313 e. The summed E-state index contributed by atoms with van der Waals surface area (Å²) in [5.41, 5.74) is 0. The lowest BCUT2D eigenvalue weighted by molar-refractivity contribution is -0.188. The number of nitrogens with zero attached hydrogens (tertiary/aromatic N) is 1. The summed E-state index contributed by atoms with van der Waals surface area (Å²) >= 11 is 0. The molecule has 0 radical (unpaired) electrons. The van der Waals surface area contributed by atoms with Crippen LogP contribution in [0.2, 0.25) is 0 Å². The van der Waals surface area contributed by atoms with Gasteiger partial charge in [-0.25, -0.2) is 0 Å². The van der Waals surface area contributed by atoms with Crippen LogP contribution in [0.5, 0.6) is 0 Å². The average Bonchev–Trinajstić information content (AvgIpc) is 2.34. The monoisotopic (exact) mass is 266 g/mol. The van der Waals surface area contributed by atoms with Gasteiger partial charge in [-0.1, -0.05) is 13.8 Å². The first kappa shape index (κ1) is 15.8. The Morgan fingerprint density at radius 2 is 2.00 bits per heavy atom. The number of hydrogen-bond donors (Lipinski definition) is 1. The largest absolute Gasteiger partial charge is 0.393 e. The molecule has 0 bridgehead atoms. The van der Waals surface area contributed by atoms with Crippen molar-refractivity contribution < 1.29 is 13.2 Å². The molecule has 108 valence electrons. The average molecular weight is 266 g/mol. The van der Waals surface area contributed by atoms with Gasteiger partial charge in [0.1, 0.15) is 0 Å². The van der Waals surface area contributed by atoms with Crippen molar-refractivity contribution in [1.29, 1.82) is 0 Å². The number of hydrogen-bond acceptors (Lipinski definition) is 2. The molecule has 18 heavy (non-hydrogen) atoms. The van der Waals surface area contributed by atoms with Crippen LogP contribution in [0.3, 0.4) is 0 Å². The SMILES string of the molecule is CCNC(CC)C(C)N1CCCC(C(F)(F)F)C1. The lowest BCUT2D eigenvalue weighted by Gasteiger charge is -2.40. The van der Waals surface area contributed by atoms with Crippen LogP contribution in [0.25, 0.3) is 0 Å². The molecule has 0 aromatic carbocycles. The standard InChI is InChI=1S/C13H25F3N2/c1-4-12(17-5-2)10(3)18-8-6-7-11(9-18)13(14,15)16/h10-12,17H,4-9H2,1-3H3. The van der Waals surface area contributed by atoms with Crippen LogP contribution in [-0.2, 0) is 0 Å². The molecule has 1 aliphatic rings. The molecule has 1 N–H and O–H groups in total. The summed E-state index contributed by atoms with van der Waals surface area (Å²) in [5, 5.41) is 3.36. The highest BCUT2D eigenvalue weighted by atomic mass is 19.4. The molecule has 5 heteroatoms. The summed E-state index contributed by atoms with van der Waals surface area (Å²) in [4.78, 5) is 2.00. The van der Waals surface area contributed by atoms with Crippen molar-refractivity contribution in [2.24, 2.45) is 5.92 Å². The van der Waals surface area contributed by atoms with Crippen molar-refractivity contribution in [1.82, 2.24) is 10.2 Å². The van der Waals surface area contributed by atoms with E-state index in [0.717, 1.165) is 19.5 Å². The number of nitrogens with one attached hydrogen (secondary N) is 1. The highest BCUT2D eigenvalue weighted by molar-refractivity contribution is 4.86. The van der Waals surface area contributed by atoms with Crippen molar-refractivity contribution >= 4 is 0 Å². The lowest BCUT2D eigenvalue weighted by atomic mass is 9.94. The first-order valence-corrected chi connectivity index (χ1v) is 6.94. The van der Waals surface area contributed by atoms with E-state index in [1.807, 2.05) is 18.7 Å². The van der Waals surface area contributed by atoms with Crippen molar-refractivity contribution in [3.63, 3.8) is 0 Å². The van der Waals surface area contributed by atoms with Crippen molar-refractivity contribution in [2.75, 3.05) is 19.6 Å². The Balaban J connectivity index is 2.59. The summed E-state index contributed by atoms with van der Waals surface area (Å²) in [7, 11) is 0. The van der Waals surface area contributed by atoms with Crippen LogP contribution < -0.4 is 5.32 Å². The molecule has 1 fully saturated rings. The Morgan fingerprint density at radius 1 is 1.33 bits per heavy atom. The van der Waals surface area contributed by atoms with Crippen LogP contribution >= 0.6 is 0 Å². The Bertz CT molecular complexity index is 243. The van der Waals surface area contributed by atoms with Crippen molar-refractivity contribution in [2.45, 2.75) is 58.3 Å². The van der Waals surface area contributed by atoms with Gasteiger partial charge in [-0.05, 0) is 39.3 Å². The second-order valence-corrected chi connectivity index (χ2v) is 5.19. The molecule has 1 heterocycles. The molecule has 0 saturated carbocycles. The maximum absolute atomic E-state index is 12.8. The van der Waals surface area contributed by atoms with E-state index in [4.69, 9.17) is 0 Å². The predicted octanol–water partition coefficient (Wildman–Crippen LogP) is 3.04. The normalized spacial score (nSPS) is 26.0. The zero-order valence-corrected chi connectivity index (χ0v) is 11.6. The van der Waals surface area contributed by atoms with Crippen LogP contribution in [0.4, 0.5) is 13.2 Å². The van der Waals surface area contributed by atoms with Gasteiger partial charge in [-0.3, -0.25) is 4.90 Å². The van der Waals surface area contributed by atoms with E-state index in [-0.39, 0.29) is 25.0 Å². The topological polar surface area (TPSA) is 15.3 Å². The van der Waals surface area contributed by atoms with Crippen LogP contribution in [-0.4, -0.2) is 42.8 Å². The summed E-state index contributed by atoms with van der Waals surface area (Å²) in [6.07, 6.45) is -2.16. The number of alkyl halides is 3. The summed E-state index contributed by atoms with van der Waals surface area (Å²) < 4.78 is 38.3. The molecule has 0 aromatic heterocycles. The van der Waals surface area contributed by atoms with Gasteiger partial charge in [-0.2, -0.15) is 13.2 Å². The molecule has 1 rings (SSSR count). The van der Waals surface area contributed by atoms with Crippen molar-refractivity contribution in [3.8, 4) is 0 Å². The van der Waals surface area contributed by atoms with Crippen molar-refractivity contribution in [3.05, 3.63) is 0 Å². The minimum atomic E-state index is -4.04. The molecule has 3 atom stereocenters. The fraction of sp³-hybridized carbons (Fsp3) is 1.00. The molecule has 0 spiro atoms. The smallest absolute Gasteiger partial charge is 0.313 e. The molecule has 0 aromatic rings. The maximum Gasteiger partial charge on any atom is 0.393 e. The molecule has 2 nitrogen and oxygen atoms in total. The van der Waals surface area contributed by atoms with Crippen LogP contribution in [0.1, 0.15) is 40.0 Å². The van der Waals surface area contributed by atoms with Gasteiger partial charge in [0, 0.05) is 18.6 Å². The highest BCUT2D eigenvalue weighted by Crippen LogP contribution is 2.34. The third-order valence-electron chi connectivity index (χ3n) is 3.98. The van der Waals surface area contributed by atoms with Gasteiger partial charge >= 0.3 is 6.18 Å². The summed E-state index contributed by atoms with van der Waals surface area (Å²) in [6, 6.07) is 0.446.